The third kappa shape index (κ3) is 72.2. The second kappa shape index (κ2) is 72.4. The highest BCUT2D eigenvalue weighted by Crippen LogP contribution is 2.45. The summed E-state index contributed by atoms with van der Waals surface area (Å²) in [5, 5.41) is 10.6. The van der Waals surface area contributed by atoms with E-state index in [-0.39, 0.29) is 25.7 Å². The van der Waals surface area contributed by atoms with Crippen molar-refractivity contribution in [2.24, 2.45) is 0 Å². The molecule has 576 valence electrons. The fourth-order valence-corrected chi connectivity index (χ4v) is 13.7. The fourth-order valence-electron chi connectivity index (χ4n) is 12.1. The molecule has 5 atom stereocenters. The summed E-state index contributed by atoms with van der Waals surface area (Å²) >= 11 is 0. The molecule has 0 rings (SSSR count). The van der Waals surface area contributed by atoms with Crippen LogP contribution in [0, 0.1) is 0 Å². The first kappa shape index (κ1) is 95.1. The molecule has 0 spiro atoms. The Kier molecular flexibility index (Phi) is 71.0. The number of aliphatic hydroxyl groups is 1. The summed E-state index contributed by atoms with van der Waals surface area (Å²) in [5.41, 5.74) is 0. The van der Waals surface area contributed by atoms with E-state index >= 15 is 0 Å². The van der Waals surface area contributed by atoms with Crippen LogP contribution in [0.2, 0.25) is 0 Å². The number of hydrogen-bond donors (Lipinski definition) is 3. The molecule has 0 heterocycles. The largest absolute Gasteiger partial charge is 0.472 e. The van der Waals surface area contributed by atoms with E-state index in [9.17, 15) is 43.2 Å². The minimum Gasteiger partial charge on any atom is -0.462 e. The average Bonchev–Trinajstić information content (AvgIpc) is 1.44. The van der Waals surface area contributed by atoms with Crippen molar-refractivity contribution < 1.29 is 80.2 Å². The Labute approximate surface area is 594 Å². The van der Waals surface area contributed by atoms with Crippen LogP contribution in [0.15, 0.2) is 0 Å². The summed E-state index contributed by atoms with van der Waals surface area (Å²) < 4.78 is 68.6. The van der Waals surface area contributed by atoms with Gasteiger partial charge in [0, 0.05) is 25.7 Å². The monoisotopic (exact) mass is 1420 g/mol. The Balaban J connectivity index is 5.22. The molecule has 0 aromatic heterocycles. The van der Waals surface area contributed by atoms with Gasteiger partial charge in [0.25, 0.3) is 0 Å². The van der Waals surface area contributed by atoms with Gasteiger partial charge in [-0.05, 0) is 25.7 Å². The summed E-state index contributed by atoms with van der Waals surface area (Å²) in [6.07, 6.45) is 63.7. The van der Waals surface area contributed by atoms with Gasteiger partial charge in [-0.2, -0.15) is 0 Å². The molecule has 17 nitrogen and oxygen atoms in total. The van der Waals surface area contributed by atoms with Gasteiger partial charge in [0.15, 0.2) is 12.2 Å². The van der Waals surface area contributed by atoms with E-state index in [2.05, 4.69) is 27.7 Å². The fraction of sp³-hybridized carbons (Fsp3) is 0.949. The molecule has 0 aromatic carbocycles. The van der Waals surface area contributed by atoms with Crippen LogP contribution in [-0.2, 0) is 65.4 Å². The third-order valence-electron chi connectivity index (χ3n) is 18.4. The highest BCUT2D eigenvalue weighted by molar-refractivity contribution is 7.47. The number of hydrogen-bond acceptors (Lipinski definition) is 15. The van der Waals surface area contributed by atoms with Crippen LogP contribution < -0.4 is 0 Å². The SMILES string of the molecule is CCCCCCCCCCCCCCCCCCCCC(=O)O[C@H](COC(=O)CCCCCCCCCCCCCCCCC)COP(=O)(O)OC[C@@H](O)COP(=O)(O)OC[C@@H](COC(=O)CCCCCCCCCCC)OC(=O)CCCCCCCCCCCCCCCCC. The van der Waals surface area contributed by atoms with Gasteiger partial charge in [-0.3, -0.25) is 37.3 Å². The van der Waals surface area contributed by atoms with Gasteiger partial charge in [-0.25, -0.2) is 9.13 Å². The van der Waals surface area contributed by atoms with Crippen molar-refractivity contribution in [2.45, 2.75) is 438 Å². The van der Waals surface area contributed by atoms with E-state index in [1.54, 1.807) is 0 Å². The van der Waals surface area contributed by atoms with Crippen LogP contribution >= 0.6 is 15.6 Å². The number of phosphoric ester groups is 2. The van der Waals surface area contributed by atoms with Gasteiger partial charge in [0.1, 0.15) is 19.3 Å². The Bertz CT molecular complexity index is 1840. The maximum Gasteiger partial charge on any atom is 0.472 e. The Morgan fingerprint density at radius 3 is 0.608 bits per heavy atom. The first-order valence-electron chi connectivity index (χ1n) is 40.8. The topological polar surface area (TPSA) is 237 Å². The molecule has 2 unspecified atom stereocenters. The van der Waals surface area contributed by atoms with Crippen LogP contribution in [-0.4, -0.2) is 96.7 Å². The number of rotatable bonds is 79. The Hall–Kier alpha value is -1.94. The van der Waals surface area contributed by atoms with E-state index in [1.165, 1.54) is 250 Å². The summed E-state index contributed by atoms with van der Waals surface area (Å²) in [6.45, 7) is 5.00. The van der Waals surface area contributed by atoms with Gasteiger partial charge in [-0.1, -0.05) is 368 Å². The zero-order valence-electron chi connectivity index (χ0n) is 63.1. The number of carbonyl (C=O) groups excluding carboxylic acids is 4. The smallest absolute Gasteiger partial charge is 0.462 e. The second-order valence-electron chi connectivity index (χ2n) is 28.1. The number of aliphatic hydroxyl groups excluding tert-OH is 1. The van der Waals surface area contributed by atoms with E-state index in [0.717, 1.165) is 89.9 Å². The first-order chi connectivity index (χ1) is 47.2. The molecule has 19 heteroatoms. The van der Waals surface area contributed by atoms with Crippen molar-refractivity contribution in [3.8, 4) is 0 Å². The zero-order chi connectivity index (χ0) is 71.1. The minimum atomic E-state index is -4.96. The summed E-state index contributed by atoms with van der Waals surface area (Å²) in [6, 6.07) is 0. The molecular weight excluding hydrogens is 1270 g/mol. The van der Waals surface area contributed by atoms with E-state index in [1.807, 2.05) is 0 Å². The summed E-state index contributed by atoms with van der Waals surface area (Å²) in [4.78, 5) is 72.9. The normalized spacial score (nSPS) is 13.8. The van der Waals surface area contributed by atoms with Crippen LogP contribution in [0.3, 0.4) is 0 Å². The number of unbranched alkanes of at least 4 members (excludes halogenated alkanes) is 53. The van der Waals surface area contributed by atoms with Gasteiger partial charge in [0.2, 0.25) is 0 Å². The lowest BCUT2D eigenvalue weighted by Gasteiger charge is -2.21. The lowest BCUT2D eigenvalue weighted by Crippen LogP contribution is -2.30. The van der Waals surface area contributed by atoms with E-state index in [4.69, 9.17) is 37.0 Å². The lowest BCUT2D eigenvalue weighted by molar-refractivity contribution is -0.161. The molecule has 0 amide bonds. The average molecular weight is 1420 g/mol. The summed E-state index contributed by atoms with van der Waals surface area (Å²) in [5.74, 6) is -2.11. The number of phosphoric acid groups is 2. The molecule has 0 radical (unpaired) electrons. The predicted octanol–water partition coefficient (Wildman–Crippen LogP) is 23.4. The quantitative estimate of drug-likeness (QED) is 0.0222. The molecular formula is C78H152O17P2. The van der Waals surface area contributed by atoms with Crippen molar-refractivity contribution in [2.75, 3.05) is 39.6 Å². The van der Waals surface area contributed by atoms with Crippen molar-refractivity contribution in [1.29, 1.82) is 0 Å². The maximum absolute atomic E-state index is 13.1. The molecule has 3 N–H and O–H groups in total. The van der Waals surface area contributed by atoms with Gasteiger partial charge < -0.3 is 33.8 Å². The van der Waals surface area contributed by atoms with Gasteiger partial charge in [0.05, 0.1) is 26.4 Å². The van der Waals surface area contributed by atoms with E-state index in [0.29, 0.717) is 25.7 Å². The second-order valence-corrected chi connectivity index (χ2v) is 31.0. The maximum atomic E-state index is 13.1. The van der Waals surface area contributed by atoms with Crippen LogP contribution in [0.25, 0.3) is 0 Å². The van der Waals surface area contributed by atoms with Gasteiger partial charge >= 0.3 is 39.5 Å². The lowest BCUT2D eigenvalue weighted by atomic mass is 10.0. The molecule has 0 aliphatic rings. The van der Waals surface area contributed by atoms with E-state index < -0.39 is 97.5 Å². The molecule has 0 aromatic rings. The predicted molar refractivity (Wildman–Crippen MR) is 395 cm³/mol. The number of carbonyl (C=O) groups is 4. The van der Waals surface area contributed by atoms with Crippen LogP contribution in [0.4, 0.5) is 0 Å². The molecule has 0 fully saturated rings. The number of esters is 4. The Morgan fingerprint density at radius 1 is 0.247 bits per heavy atom. The van der Waals surface area contributed by atoms with Crippen molar-refractivity contribution in [3.63, 3.8) is 0 Å². The van der Waals surface area contributed by atoms with Crippen LogP contribution in [0.1, 0.15) is 419 Å². The molecule has 0 bridgehead atoms. The third-order valence-corrected chi connectivity index (χ3v) is 20.3. The molecule has 0 saturated carbocycles. The highest BCUT2D eigenvalue weighted by atomic mass is 31.2. The highest BCUT2D eigenvalue weighted by Gasteiger charge is 2.30. The van der Waals surface area contributed by atoms with Crippen molar-refractivity contribution in [3.05, 3.63) is 0 Å². The Morgan fingerprint density at radius 2 is 0.412 bits per heavy atom. The van der Waals surface area contributed by atoms with Gasteiger partial charge in [-0.15, -0.1) is 0 Å². The molecule has 0 saturated heterocycles. The minimum absolute atomic E-state index is 0.109. The molecule has 0 aliphatic carbocycles. The first-order valence-corrected chi connectivity index (χ1v) is 43.8. The van der Waals surface area contributed by atoms with Crippen molar-refractivity contribution >= 4 is 39.5 Å². The van der Waals surface area contributed by atoms with Crippen molar-refractivity contribution in [1.82, 2.24) is 0 Å². The molecule has 97 heavy (non-hydrogen) atoms. The zero-order valence-corrected chi connectivity index (χ0v) is 64.8. The molecule has 0 aliphatic heterocycles. The standard InChI is InChI=1S/C78H152O17P2/c1-5-9-13-17-21-25-28-31-34-35-36-39-42-45-49-53-57-61-65-78(83)95-74(69-89-76(81)63-59-55-51-47-43-40-37-32-29-26-22-18-14-10-6-2)71-93-97(86,87)91-67-72(79)66-90-96(84,85)92-70-73(68-88-75(80)62-58-54-50-46-24-20-16-12-8-4)94-77(82)64-60-56-52-48-44-41-38-33-30-27-23-19-15-11-7-3/h72-74,79H,5-71H2,1-4H3,(H,84,85)(H,86,87)/t72-,73+,74+/m0/s1. The van der Waals surface area contributed by atoms with Crippen LogP contribution in [0.5, 0.6) is 0 Å². The number of ether oxygens (including phenoxy) is 4. The summed E-state index contributed by atoms with van der Waals surface area (Å²) in [7, 11) is -9.91.